The maximum absolute atomic E-state index is 12.3. The molecule has 3 rings (SSSR count). The lowest BCUT2D eigenvalue weighted by Crippen LogP contribution is -2.25. The van der Waals surface area contributed by atoms with Gasteiger partial charge in [0.05, 0.1) is 12.3 Å². The second-order valence-corrected chi connectivity index (χ2v) is 7.25. The van der Waals surface area contributed by atoms with E-state index in [9.17, 15) is 4.79 Å². The number of carbonyl (C=O) groups is 1. The van der Waals surface area contributed by atoms with E-state index in [1.807, 2.05) is 12.1 Å². The van der Waals surface area contributed by atoms with Crippen LogP contribution in [0.15, 0.2) is 53.9 Å². The highest BCUT2D eigenvalue weighted by Crippen LogP contribution is 2.24. The number of carbonyl (C=O) groups excluding carboxylic acids is 1. The molecule has 2 aromatic carbocycles. The van der Waals surface area contributed by atoms with Gasteiger partial charge in [0.1, 0.15) is 10.8 Å². The third-order valence-electron chi connectivity index (χ3n) is 4.09. The standard InChI is InChI=1S/C22H24N2O2S/c1-3-13-26-20-6-4-5-18(14-20)21(25)23-12-11-19-15-27-22(24-19)17-9-7-16(2)8-10-17/h4-10,14-15H,3,11-13H2,1-2H3,(H,23,25). The molecule has 0 fully saturated rings. The van der Waals surface area contributed by atoms with Crippen molar-refractivity contribution in [2.45, 2.75) is 26.7 Å². The molecule has 0 aliphatic heterocycles. The van der Waals surface area contributed by atoms with Crippen LogP contribution in [0.3, 0.4) is 0 Å². The Labute approximate surface area is 164 Å². The summed E-state index contributed by atoms with van der Waals surface area (Å²) in [6.45, 7) is 5.33. The number of nitrogens with zero attached hydrogens (tertiary/aromatic N) is 1. The number of ether oxygens (including phenoxy) is 1. The van der Waals surface area contributed by atoms with Crippen molar-refractivity contribution in [3.8, 4) is 16.3 Å². The van der Waals surface area contributed by atoms with E-state index in [0.29, 0.717) is 25.1 Å². The van der Waals surface area contributed by atoms with Crippen LogP contribution in [0.25, 0.3) is 10.6 Å². The van der Waals surface area contributed by atoms with Gasteiger partial charge in [-0.2, -0.15) is 0 Å². The van der Waals surface area contributed by atoms with Crippen LogP contribution in [-0.4, -0.2) is 24.0 Å². The Kier molecular flexibility index (Phi) is 6.60. The number of aromatic nitrogens is 1. The zero-order valence-electron chi connectivity index (χ0n) is 15.7. The van der Waals surface area contributed by atoms with Gasteiger partial charge in [-0.15, -0.1) is 11.3 Å². The molecular formula is C22H24N2O2S. The normalized spacial score (nSPS) is 10.6. The number of aryl methyl sites for hydroxylation is 1. The van der Waals surface area contributed by atoms with Crippen LogP contribution in [0.2, 0.25) is 0 Å². The first-order valence-corrected chi connectivity index (χ1v) is 10.1. The van der Waals surface area contributed by atoms with E-state index < -0.39 is 0 Å². The Morgan fingerprint density at radius 1 is 1.19 bits per heavy atom. The molecular weight excluding hydrogens is 356 g/mol. The van der Waals surface area contributed by atoms with E-state index in [1.54, 1.807) is 23.5 Å². The summed E-state index contributed by atoms with van der Waals surface area (Å²) in [5.74, 6) is 0.637. The minimum atomic E-state index is -0.0917. The smallest absolute Gasteiger partial charge is 0.251 e. The molecule has 5 heteroatoms. The Hall–Kier alpha value is -2.66. The van der Waals surface area contributed by atoms with E-state index in [-0.39, 0.29) is 5.91 Å². The average molecular weight is 381 g/mol. The van der Waals surface area contributed by atoms with Gasteiger partial charge in [0.25, 0.3) is 5.91 Å². The fourth-order valence-corrected chi connectivity index (χ4v) is 3.46. The molecule has 0 radical (unpaired) electrons. The number of rotatable bonds is 8. The summed E-state index contributed by atoms with van der Waals surface area (Å²) in [6, 6.07) is 15.7. The van der Waals surface area contributed by atoms with Crippen LogP contribution in [0.5, 0.6) is 5.75 Å². The van der Waals surface area contributed by atoms with Gasteiger partial charge in [-0.25, -0.2) is 4.98 Å². The molecule has 4 nitrogen and oxygen atoms in total. The van der Waals surface area contributed by atoms with Crippen molar-refractivity contribution in [2.75, 3.05) is 13.2 Å². The second kappa shape index (κ2) is 9.33. The fraction of sp³-hybridized carbons (Fsp3) is 0.273. The van der Waals surface area contributed by atoms with Crippen molar-refractivity contribution in [2.24, 2.45) is 0 Å². The van der Waals surface area contributed by atoms with Crippen molar-refractivity contribution in [3.05, 3.63) is 70.7 Å². The highest BCUT2D eigenvalue weighted by atomic mass is 32.1. The first kappa shape index (κ1) is 19.1. The van der Waals surface area contributed by atoms with Crippen LogP contribution >= 0.6 is 11.3 Å². The zero-order valence-corrected chi connectivity index (χ0v) is 16.5. The van der Waals surface area contributed by atoms with Crippen molar-refractivity contribution in [1.82, 2.24) is 10.3 Å². The van der Waals surface area contributed by atoms with Crippen LogP contribution in [0.4, 0.5) is 0 Å². The quantitative estimate of drug-likeness (QED) is 0.606. The number of amides is 1. The Balaban J connectivity index is 1.52. The number of hydrogen-bond acceptors (Lipinski definition) is 4. The Bertz CT molecular complexity index is 887. The number of thiazole rings is 1. The lowest BCUT2D eigenvalue weighted by molar-refractivity contribution is 0.0953. The van der Waals surface area contributed by atoms with Gasteiger partial charge in [-0.1, -0.05) is 42.8 Å². The topological polar surface area (TPSA) is 51.2 Å². The molecule has 140 valence electrons. The summed E-state index contributed by atoms with van der Waals surface area (Å²) in [5, 5.41) is 6.02. The molecule has 0 spiro atoms. The van der Waals surface area contributed by atoms with E-state index in [2.05, 4.69) is 53.8 Å². The van der Waals surface area contributed by atoms with Crippen molar-refractivity contribution in [3.63, 3.8) is 0 Å². The maximum Gasteiger partial charge on any atom is 0.251 e. The fourth-order valence-electron chi connectivity index (χ4n) is 2.60. The van der Waals surface area contributed by atoms with Gasteiger partial charge < -0.3 is 10.1 Å². The van der Waals surface area contributed by atoms with Gasteiger partial charge in [0.2, 0.25) is 0 Å². The minimum Gasteiger partial charge on any atom is -0.494 e. The summed E-state index contributed by atoms with van der Waals surface area (Å²) >= 11 is 1.63. The van der Waals surface area contributed by atoms with Crippen LogP contribution < -0.4 is 10.1 Å². The van der Waals surface area contributed by atoms with Gasteiger partial charge in [-0.3, -0.25) is 4.79 Å². The van der Waals surface area contributed by atoms with E-state index in [0.717, 1.165) is 28.4 Å². The predicted molar refractivity (Wildman–Crippen MR) is 111 cm³/mol. The van der Waals surface area contributed by atoms with Crippen LogP contribution in [0, 0.1) is 6.92 Å². The Morgan fingerprint density at radius 3 is 2.78 bits per heavy atom. The lowest BCUT2D eigenvalue weighted by atomic mass is 10.2. The third kappa shape index (κ3) is 5.41. The molecule has 0 unspecified atom stereocenters. The van der Waals surface area contributed by atoms with E-state index in [4.69, 9.17) is 4.74 Å². The van der Waals surface area contributed by atoms with Crippen molar-refractivity contribution >= 4 is 17.2 Å². The van der Waals surface area contributed by atoms with Crippen LogP contribution in [0.1, 0.15) is 35.0 Å². The molecule has 0 aliphatic rings. The van der Waals surface area contributed by atoms with Crippen LogP contribution in [-0.2, 0) is 6.42 Å². The molecule has 1 aromatic heterocycles. The third-order valence-corrected chi connectivity index (χ3v) is 5.03. The van der Waals surface area contributed by atoms with E-state index >= 15 is 0 Å². The summed E-state index contributed by atoms with van der Waals surface area (Å²) < 4.78 is 5.58. The highest BCUT2D eigenvalue weighted by molar-refractivity contribution is 7.13. The molecule has 3 aromatic rings. The van der Waals surface area contributed by atoms with Gasteiger partial charge in [0, 0.05) is 29.5 Å². The van der Waals surface area contributed by atoms with E-state index in [1.165, 1.54) is 5.56 Å². The first-order chi connectivity index (χ1) is 13.2. The molecule has 0 saturated heterocycles. The SMILES string of the molecule is CCCOc1cccc(C(=O)NCCc2csc(-c3ccc(C)cc3)n2)c1. The molecule has 27 heavy (non-hydrogen) atoms. The monoisotopic (exact) mass is 380 g/mol. The largest absolute Gasteiger partial charge is 0.494 e. The number of hydrogen-bond donors (Lipinski definition) is 1. The highest BCUT2D eigenvalue weighted by Gasteiger charge is 2.08. The molecule has 0 bridgehead atoms. The first-order valence-electron chi connectivity index (χ1n) is 9.18. The predicted octanol–water partition coefficient (Wildman–Crippen LogP) is 4.88. The number of benzene rings is 2. The molecule has 0 aliphatic carbocycles. The minimum absolute atomic E-state index is 0.0917. The average Bonchev–Trinajstić information content (AvgIpc) is 3.16. The number of nitrogens with one attached hydrogen (secondary N) is 1. The summed E-state index contributed by atoms with van der Waals surface area (Å²) in [6.07, 6.45) is 1.65. The van der Waals surface area contributed by atoms with Crippen molar-refractivity contribution < 1.29 is 9.53 Å². The lowest BCUT2D eigenvalue weighted by Gasteiger charge is -2.07. The summed E-state index contributed by atoms with van der Waals surface area (Å²) in [4.78, 5) is 17.0. The molecule has 1 heterocycles. The van der Waals surface area contributed by atoms with Crippen molar-refractivity contribution in [1.29, 1.82) is 0 Å². The molecule has 1 N–H and O–H groups in total. The zero-order chi connectivity index (χ0) is 19.1. The molecule has 0 atom stereocenters. The Morgan fingerprint density at radius 2 is 2.00 bits per heavy atom. The molecule has 1 amide bonds. The van der Waals surface area contributed by atoms with Gasteiger partial charge >= 0.3 is 0 Å². The summed E-state index contributed by atoms with van der Waals surface area (Å²) in [5.41, 5.74) is 3.98. The maximum atomic E-state index is 12.3. The molecule has 0 saturated carbocycles. The second-order valence-electron chi connectivity index (χ2n) is 6.39. The summed E-state index contributed by atoms with van der Waals surface area (Å²) in [7, 11) is 0. The van der Waals surface area contributed by atoms with Gasteiger partial charge in [-0.05, 0) is 31.5 Å². The van der Waals surface area contributed by atoms with Gasteiger partial charge in [0.15, 0.2) is 0 Å².